The fraction of sp³-hybridized carbons (Fsp3) is 0.688. The molecule has 0 fully saturated rings. The summed E-state index contributed by atoms with van der Waals surface area (Å²) < 4.78 is 0. The van der Waals surface area contributed by atoms with Crippen LogP contribution >= 0.6 is 23.1 Å². The zero-order chi connectivity index (χ0) is 16.0. The molecule has 2 N–H and O–H groups in total. The minimum atomic E-state index is 0.647. The maximum atomic E-state index is 9.22. The highest BCUT2D eigenvalue weighted by molar-refractivity contribution is 7.99. The van der Waals surface area contributed by atoms with Crippen molar-refractivity contribution in [1.82, 2.24) is 0 Å². The molecular weight excluding hydrogens is 298 g/mol. The van der Waals surface area contributed by atoms with Gasteiger partial charge in [0.1, 0.15) is 15.9 Å². The van der Waals surface area contributed by atoms with Crippen molar-refractivity contribution in [1.29, 1.82) is 5.26 Å². The molecule has 0 spiro atoms. The first-order valence-corrected chi connectivity index (χ1v) is 9.56. The van der Waals surface area contributed by atoms with Crippen LogP contribution in [-0.2, 0) is 0 Å². The second kappa shape index (κ2) is 8.55. The normalized spacial score (nSPS) is 11.1. The van der Waals surface area contributed by atoms with Crippen LogP contribution in [0.2, 0.25) is 0 Å². The van der Waals surface area contributed by atoms with Crippen LogP contribution in [0.4, 0.5) is 10.7 Å². The molecule has 0 unspecified atom stereocenters. The number of rotatable bonds is 8. The van der Waals surface area contributed by atoms with E-state index in [1.54, 1.807) is 23.1 Å². The number of nitriles is 1. The topological polar surface area (TPSA) is 53.0 Å². The molecule has 3 nitrogen and oxygen atoms in total. The van der Waals surface area contributed by atoms with Crippen LogP contribution in [0.15, 0.2) is 4.90 Å². The summed E-state index contributed by atoms with van der Waals surface area (Å²) in [5.41, 5.74) is 6.77. The number of anilines is 2. The number of thioether (sulfide) groups is 1. The number of nitrogens with zero attached hydrogens (tertiary/aromatic N) is 2. The highest BCUT2D eigenvalue weighted by Crippen LogP contribution is 2.43. The van der Waals surface area contributed by atoms with Gasteiger partial charge in [-0.2, -0.15) is 5.26 Å². The van der Waals surface area contributed by atoms with E-state index < -0.39 is 0 Å². The largest absolute Gasteiger partial charge is 0.396 e. The molecule has 1 aromatic heterocycles. The zero-order valence-electron chi connectivity index (χ0n) is 13.8. The van der Waals surface area contributed by atoms with E-state index in [1.807, 2.05) is 6.26 Å². The van der Waals surface area contributed by atoms with Gasteiger partial charge in [-0.3, -0.25) is 0 Å². The predicted octanol–water partition coefficient (Wildman–Crippen LogP) is 4.82. The summed E-state index contributed by atoms with van der Waals surface area (Å²) in [6.45, 7) is 11.1. The van der Waals surface area contributed by atoms with Gasteiger partial charge >= 0.3 is 0 Å². The van der Waals surface area contributed by atoms with Gasteiger partial charge in [0.05, 0.1) is 10.6 Å². The van der Waals surface area contributed by atoms with Crippen molar-refractivity contribution in [2.75, 3.05) is 30.0 Å². The average Bonchev–Trinajstić information content (AvgIpc) is 2.74. The van der Waals surface area contributed by atoms with Gasteiger partial charge in [0, 0.05) is 13.1 Å². The van der Waals surface area contributed by atoms with Gasteiger partial charge in [-0.1, -0.05) is 27.7 Å². The van der Waals surface area contributed by atoms with E-state index in [1.165, 1.54) is 5.00 Å². The van der Waals surface area contributed by atoms with Gasteiger partial charge in [0.25, 0.3) is 0 Å². The monoisotopic (exact) mass is 325 g/mol. The molecule has 1 aromatic rings. The number of nitrogens with two attached hydrogens (primary N) is 1. The lowest BCUT2D eigenvalue weighted by Crippen LogP contribution is -2.27. The first kappa shape index (κ1) is 18.2. The molecule has 1 rings (SSSR count). The second-order valence-corrected chi connectivity index (χ2v) is 7.96. The van der Waals surface area contributed by atoms with E-state index in [4.69, 9.17) is 5.73 Å². The summed E-state index contributed by atoms with van der Waals surface area (Å²) in [5, 5.41) is 10.4. The van der Waals surface area contributed by atoms with Crippen molar-refractivity contribution in [3.63, 3.8) is 0 Å². The molecule has 5 heteroatoms. The first-order chi connectivity index (χ1) is 9.90. The zero-order valence-corrected chi connectivity index (χ0v) is 15.4. The van der Waals surface area contributed by atoms with Crippen LogP contribution < -0.4 is 10.6 Å². The van der Waals surface area contributed by atoms with E-state index in [0.717, 1.165) is 30.8 Å². The highest BCUT2D eigenvalue weighted by Gasteiger charge is 2.20. The minimum Gasteiger partial charge on any atom is -0.396 e. The summed E-state index contributed by atoms with van der Waals surface area (Å²) in [5.74, 6) is 1.36. The SMILES string of the molecule is CSc1c(N(CCC(C)C)CCC(C)C)sc(C#N)c1N. The second-order valence-electron chi connectivity index (χ2n) is 6.15. The molecule has 0 saturated carbocycles. The van der Waals surface area contributed by atoms with E-state index >= 15 is 0 Å². The summed E-state index contributed by atoms with van der Waals surface area (Å²) in [6, 6.07) is 2.23. The molecule has 0 saturated heterocycles. The Morgan fingerprint density at radius 3 is 2.10 bits per heavy atom. The molecule has 0 atom stereocenters. The van der Waals surface area contributed by atoms with E-state index in [0.29, 0.717) is 22.4 Å². The Bertz CT molecular complexity index is 474. The van der Waals surface area contributed by atoms with Crippen molar-refractivity contribution in [2.24, 2.45) is 11.8 Å². The maximum absolute atomic E-state index is 9.22. The molecule has 21 heavy (non-hydrogen) atoms. The number of hydrogen-bond donors (Lipinski definition) is 1. The number of hydrogen-bond acceptors (Lipinski definition) is 5. The predicted molar refractivity (Wildman–Crippen MR) is 96.4 cm³/mol. The molecule has 0 bridgehead atoms. The van der Waals surface area contributed by atoms with Crippen molar-refractivity contribution in [2.45, 2.75) is 45.4 Å². The molecule has 0 aliphatic heterocycles. The Morgan fingerprint density at radius 2 is 1.71 bits per heavy atom. The van der Waals surface area contributed by atoms with Crippen LogP contribution in [0.3, 0.4) is 0 Å². The van der Waals surface area contributed by atoms with E-state index in [2.05, 4.69) is 38.7 Å². The molecule has 1 heterocycles. The smallest absolute Gasteiger partial charge is 0.131 e. The van der Waals surface area contributed by atoms with Gasteiger partial charge in [0.15, 0.2) is 0 Å². The molecule has 0 aromatic carbocycles. The van der Waals surface area contributed by atoms with Crippen LogP contribution in [-0.4, -0.2) is 19.3 Å². The molecule has 0 aliphatic rings. The quantitative estimate of drug-likeness (QED) is 0.696. The van der Waals surface area contributed by atoms with Crippen LogP contribution in [0.25, 0.3) is 0 Å². The van der Waals surface area contributed by atoms with Gasteiger partial charge in [0.2, 0.25) is 0 Å². The maximum Gasteiger partial charge on any atom is 0.131 e. The first-order valence-electron chi connectivity index (χ1n) is 7.51. The average molecular weight is 326 g/mol. The van der Waals surface area contributed by atoms with Crippen molar-refractivity contribution in [3.8, 4) is 6.07 Å². The third-order valence-electron chi connectivity index (χ3n) is 3.43. The van der Waals surface area contributed by atoms with E-state index in [-0.39, 0.29) is 0 Å². The van der Waals surface area contributed by atoms with Gasteiger partial charge in [-0.15, -0.1) is 23.1 Å². The van der Waals surface area contributed by atoms with Crippen LogP contribution in [0.1, 0.15) is 45.4 Å². The fourth-order valence-electron chi connectivity index (χ4n) is 2.05. The Kier molecular flexibility index (Phi) is 7.41. The van der Waals surface area contributed by atoms with Gasteiger partial charge in [-0.25, -0.2) is 0 Å². The molecule has 0 radical (unpaired) electrons. The van der Waals surface area contributed by atoms with E-state index in [9.17, 15) is 5.26 Å². The third-order valence-corrected chi connectivity index (χ3v) is 5.55. The lowest BCUT2D eigenvalue weighted by atomic mass is 10.1. The summed E-state index contributed by atoms with van der Waals surface area (Å²) >= 11 is 3.19. The molecule has 0 aliphatic carbocycles. The summed E-state index contributed by atoms with van der Waals surface area (Å²) in [7, 11) is 0. The molecule has 118 valence electrons. The van der Waals surface area contributed by atoms with Gasteiger partial charge in [-0.05, 0) is 30.9 Å². The van der Waals surface area contributed by atoms with Crippen LogP contribution in [0.5, 0.6) is 0 Å². The molecule has 0 amide bonds. The summed E-state index contributed by atoms with van der Waals surface area (Å²) in [4.78, 5) is 4.14. The lowest BCUT2D eigenvalue weighted by molar-refractivity contribution is 0.536. The lowest BCUT2D eigenvalue weighted by Gasteiger charge is -2.26. The Labute approximate surface area is 137 Å². The molecular formula is C16H27N3S2. The number of nitrogen functional groups attached to an aromatic ring is 1. The van der Waals surface area contributed by atoms with Gasteiger partial charge < -0.3 is 10.6 Å². The number of thiophene rings is 1. The standard InChI is InChI=1S/C16H27N3S2/c1-11(2)6-8-19(9-7-12(3)4)16-15(20-5)14(18)13(10-17)21-16/h11-12H,6-9,18H2,1-5H3. The van der Waals surface area contributed by atoms with Crippen LogP contribution in [0, 0.1) is 23.2 Å². The Morgan fingerprint density at radius 1 is 1.19 bits per heavy atom. The highest BCUT2D eigenvalue weighted by atomic mass is 32.2. The third kappa shape index (κ3) is 5.12. The summed E-state index contributed by atoms with van der Waals surface area (Å²) in [6.07, 6.45) is 4.35. The fourth-order valence-corrected chi connectivity index (χ4v) is 4.08. The van der Waals surface area contributed by atoms with Crippen molar-refractivity contribution >= 4 is 33.8 Å². The van der Waals surface area contributed by atoms with Crippen molar-refractivity contribution in [3.05, 3.63) is 4.88 Å². The Balaban J connectivity index is 3.03. The minimum absolute atomic E-state index is 0.647. The Hall–Kier alpha value is -0.860. The van der Waals surface area contributed by atoms with Crippen molar-refractivity contribution < 1.29 is 0 Å².